The zero-order valence-electron chi connectivity index (χ0n) is 10.9. The van der Waals surface area contributed by atoms with Crippen molar-refractivity contribution < 1.29 is 9.59 Å². The lowest BCUT2D eigenvalue weighted by molar-refractivity contribution is -0.112. The van der Waals surface area contributed by atoms with Gasteiger partial charge >= 0.3 is 0 Å². The summed E-state index contributed by atoms with van der Waals surface area (Å²) in [6.45, 7) is 5.24. The molecular formula is C14H15N3O2. The molecule has 5 heteroatoms. The molecule has 1 N–H and O–H groups in total. The molecule has 0 saturated carbocycles. The van der Waals surface area contributed by atoms with Gasteiger partial charge in [0, 0.05) is 18.8 Å². The molecule has 0 radical (unpaired) electrons. The summed E-state index contributed by atoms with van der Waals surface area (Å²) in [6, 6.07) is 7.45. The first-order chi connectivity index (χ1) is 9.06. The SMILES string of the molecule is CCN(CC(C)C#N)c1ccc2c(c1)NC(=O)C2=O. The molecule has 1 aliphatic heterocycles. The minimum atomic E-state index is -0.583. The van der Waals surface area contributed by atoms with E-state index in [4.69, 9.17) is 5.26 Å². The minimum Gasteiger partial charge on any atom is -0.370 e. The van der Waals surface area contributed by atoms with Crippen molar-refractivity contribution in [1.82, 2.24) is 0 Å². The molecule has 0 bridgehead atoms. The van der Waals surface area contributed by atoms with E-state index in [-0.39, 0.29) is 5.92 Å². The average molecular weight is 257 g/mol. The highest BCUT2D eigenvalue weighted by Gasteiger charge is 2.28. The van der Waals surface area contributed by atoms with Crippen LogP contribution in [0.4, 0.5) is 11.4 Å². The van der Waals surface area contributed by atoms with Gasteiger partial charge in [0.2, 0.25) is 0 Å². The second kappa shape index (κ2) is 5.11. The molecule has 1 heterocycles. The van der Waals surface area contributed by atoms with Crippen LogP contribution < -0.4 is 10.2 Å². The number of hydrogen-bond donors (Lipinski definition) is 1. The van der Waals surface area contributed by atoms with Crippen molar-refractivity contribution in [3.05, 3.63) is 23.8 Å². The summed E-state index contributed by atoms with van der Waals surface area (Å²) in [7, 11) is 0. The van der Waals surface area contributed by atoms with E-state index in [1.165, 1.54) is 0 Å². The first-order valence-electron chi connectivity index (χ1n) is 6.21. The average Bonchev–Trinajstić information content (AvgIpc) is 2.70. The molecule has 0 aromatic heterocycles. The number of amides is 1. The Hall–Kier alpha value is -2.35. The highest BCUT2D eigenvalue weighted by atomic mass is 16.2. The van der Waals surface area contributed by atoms with Crippen molar-refractivity contribution in [2.75, 3.05) is 23.3 Å². The lowest BCUT2D eigenvalue weighted by atomic mass is 10.1. The maximum atomic E-state index is 11.5. The van der Waals surface area contributed by atoms with Gasteiger partial charge in [0.05, 0.1) is 23.2 Å². The fourth-order valence-corrected chi connectivity index (χ4v) is 2.12. The van der Waals surface area contributed by atoms with Crippen LogP contribution in [-0.2, 0) is 4.79 Å². The molecule has 1 aliphatic rings. The largest absolute Gasteiger partial charge is 0.370 e. The van der Waals surface area contributed by atoms with E-state index in [1.54, 1.807) is 12.1 Å². The normalized spacial score (nSPS) is 14.6. The number of benzene rings is 1. The van der Waals surface area contributed by atoms with Gasteiger partial charge in [-0.05, 0) is 32.0 Å². The molecule has 0 spiro atoms. The fraction of sp³-hybridized carbons (Fsp3) is 0.357. The molecule has 1 aromatic carbocycles. The first kappa shape index (κ1) is 13.1. The molecule has 0 saturated heterocycles. The summed E-state index contributed by atoms with van der Waals surface area (Å²) in [6.07, 6.45) is 0. The van der Waals surface area contributed by atoms with Gasteiger partial charge in [0.15, 0.2) is 0 Å². The number of carbonyl (C=O) groups is 2. The number of anilines is 2. The number of ketones is 1. The van der Waals surface area contributed by atoms with Gasteiger partial charge < -0.3 is 10.2 Å². The predicted octanol–water partition coefficient (Wildman–Crippen LogP) is 1.81. The van der Waals surface area contributed by atoms with Crippen LogP contribution in [0.2, 0.25) is 0 Å². The number of fused-ring (bicyclic) bond motifs is 1. The van der Waals surface area contributed by atoms with Crippen LogP contribution in [0.1, 0.15) is 24.2 Å². The Balaban J connectivity index is 2.27. The minimum absolute atomic E-state index is 0.0792. The van der Waals surface area contributed by atoms with E-state index in [2.05, 4.69) is 11.4 Å². The number of nitriles is 1. The van der Waals surface area contributed by atoms with Crippen molar-refractivity contribution >= 4 is 23.1 Å². The quantitative estimate of drug-likeness (QED) is 0.835. The number of nitrogens with zero attached hydrogens (tertiary/aromatic N) is 2. The number of carbonyl (C=O) groups excluding carboxylic acids is 2. The summed E-state index contributed by atoms with van der Waals surface area (Å²) >= 11 is 0. The Morgan fingerprint density at radius 1 is 1.42 bits per heavy atom. The summed E-state index contributed by atoms with van der Waals surface area (Å²) < 4.78 is 0. The predicted molar refractivity (Wildman–Crippen MR) is 72.1 cm³/mol. The van der Waals surface area contributed by atoms with E-state index in [0.29, 0.717) is 17.8 Å². The molecular weight excluding hydrogens is 242 g/mol. The summed E-state index contributed by atoms with van der Waals surface area (Å²) in [5.41, 5.74) is 1.87. The van der Waals surface area contributed by atoms with Crippen LogP contribution >= 0.6 is 0 Å². The van der Waals surface area contributed by atoms with Gasteiger partial charge in [0.25, 0.3) is 11.7 Å². The zero-order valence-corrected chi connectivity index (χ0v) is 10.9. The molecule has 5 nitrogen and oxygen atoms in total. The molecule has 2 rings (SSSR count). The second-order valence-electron chi connectivity index (χ2n) is 4.58. The maximum Gasteiger partial charge on any atom is 0.296 e. The molecule has 1 atom stereocenters. The molecule has 1 aromatic rings. The molecule has 0 fully saturated rings. The van der Waals surface area contributed by atoms with Crippen LogP contribution in [0.15, 0.2) is 18.2 Å². The van der Waals surface area contributed by atoms with E-state index >= 15 is 0 Å². The lowest BCUT2D eigenvalue weighted by Gasteiger charge is -2.24. The number of Topliss-reactive ketones (excluding diaryl/α,β-unsaturated/α-hetero) is 1. The smallest absolute Gasteiger partial charge is 0.296 e. The Kier molecular flexibility index (Phi) is 3.52. The highest BCUT2D eigenvalue weighted by molar-refractivity contribution is 6.51. The van der Waals surface area contributed by atoms with Gasteiger partial charge in [-0.2, -0.15) is 5.26 Å². The molecule has 19 heavy (non-hydrogen) atoms. The third-order valence-corrected chi connectivity index (χ3v) is 3.16. The Morgan fingerprint density at radius 2 is 2.16 bits per heavy atom. The second-order valence-corrected chi connectivity index (χ2v) is 4.58. The molecule has 1 amide bonds. The van der Waals surface area contributed by atoms with Crippen molar-refractivity contribution in [2.45, 2.75) is 13.8 Å². The first-order valence-corrected chi connectivity index (χ1v) is 6.21. The lowest BCUT2D eigenvalue weighted by Crippen LogP contribution is -2.27. The van der Waals surface area contributed by atoms with Crippen LogP contribution in [0.25, 0.3) is 0 Å². The molecule has 0 aliphatic carbocycles. The highest BCUT2D eigenvalue weighted by Crippen LogP contribution is 2.28. The van der Waals surface area contributed by atoms with E-state index in [1.807, 2.05) is 24.8 Å². The van der Waals surface area contributed by atoms with Gasteiger partial charge in [-0.1, -0.05) is 0 Å². The van der Waals surface area contributed by atoms with Gasteiger partial charge in [-0.3, -0.25) is 9.59 Å². The van der Waals surface area contributed by atoms with Gasteiger partial charge in [-0.15, -0.1) is 0 Å². The third-order valence-electron chi connectivity index (χ3n) is 3.16. The molecule has 98 valence electrons. The van der Waals surface area contributed by atoms with Crippen molar-refractivity contribution in [3.63, 3.8) is 0 Å². The van der Waals surface area contributed by atoms with Crippen molar-refractivity contribution in [1.29, 1.82) is 5.26 Å². The monoisotopic (exact) mass is 257 g/mol. The summed E-state index contributed by atoms with van der Waals surface area (Å²) in [4.78, 5) is 24.8. The summed E-state index contributed by atoms with van der Waals surface area (Å²) in [5.74, 6) is -1.15. The van der Waals surface area contributed by atoms with Crippen LogP contribution in [-0.4, -0.2) is 24.8 Å². The van der Waals surface area contributed by atoms with Crippen LogP contribution in [0, 0.1) is 17.2 Å². The maximum absolute atomic E-state index is 11.5. The Morgan fingerprint density at radius 3 is 2.79 bits per heavy atom. The number of rotatable bonds is 4. The third kappa shape index (κ3) is 2.43. The molecule has 1 unspecified atom stereocenters. The summed E-state index contributed by atoms with van der Waals surface area (Å²) in [5, 5.41) is 11.4. The van der Waals surface area contributed by atoms with Crippen molar-refractivity contribution in [2.24, 2.45) is 5.92 Å². The zero-order chi connectivity index (χ0) is 14.0. The number of hydrogen-bond acceptors (Lipinski definition) is 4. The van der Waals surface area contributed by atoms with Gasteiger partial charge in [0.1, 0.15) is 0 Å². The topological polar surface area (TPSA) is 73.2 Å². The standard InChI is InChI=1S/C14H15N3O2/c1-3-17(8-9(2)7-15)10-4-5-11-12(6-10)16-14(19)13(11)18/h4-6,9H,3,8H2,1-2H3,(H,16,18,19). The van der Waals surface area contributed by atoms with Crippen LogP contribution in [0.3, 0.4) is 0 Å². The van der Waals surface area contributed by atoms with E-state index in [0.717, 1.165) is 12.2 Å². The van der Waals surface area contributed by atoms with Crippen LogP contribution in [0.5, 0.6) is 0 Å². The van der Waals surface area contributed by atoms with E-state index in [9.17, 15) is 9.59 Å². The fourth-order valence-electron chi connectivity index (χ4n) is 2.12. The van der Waals surface area contributed by atoms with E-state index < -0.39 is 11.7 Å². The number of nitrogens with one attached hydrogen (secondary N) is 1. The Labute approximate surface area is 111 Å². The van der Waals surface area contributed by atoms with Gasteiger partial charge in [-0.25, -0.2) is 0 Å². The van der Waals surface area contributed by atoms with Crippen molar-refractivity contribution in [3.8, 4) is 6.07 Å². The Bertz CT molecular complexity index is 575.